The fourth-order valence-electron chi connectivity index (χ4n) is 4.37. The molecule has 210 valence electrons. The molecule has 0 unspecified atom stereocenters. The summed E-state index contributed by atoms with van der Waals surface area (Å²) in [7, 11) is 0. The molecule has 3 N–H and O–H groups in total. The fourth-order valence-corrected chi connectivity index (χ4v) is 4.37. The zero-order valence-corrected chi connectivity index (χ0v) is 22.4. The highest BCUT2D eigenvalue weighted by Gasteiger charge is 2.25. The summed E-state index contributed by atoms with van der Waals surface area (Å²) in [6, 6.07) is 18.3. The zero-order chi connectivity index (χ0) is 27.7. The van der Waals surface area contributed by atoms with Crippen molar-refractivity contribution in [2.24, 2.45) is 5.92 Å². The summed E-state index contributed by atoms with van der Waals surface area (Å²) in [5, 5.41) is 15.6. The molecule has 3 rings (SSSR count). The smallest absolute Gasteiger partial charge is 0.305 e. The number of carbonyl (C=O) groups excluding carboxylic acids is 3. The topological polar surface area (TPSA) is 114 Å². The molecule has 2 amide bonds. The lowest BCUT2D eigenvalue weighted by atomic mass is 9.97. The highest BCUT2D eigenvalue weighted by atomic mass is 16.5. The Kier molecular flexibility index (Phi) is 13.2. The van der Waals surface area contributed by atoms with E-state index in [0.29, 0.717) is 25.9 Å². The van der Waals surface area contributed by atoms with Gasteiger partial charge in [-0.1, -0.05) is 72.8 Å². The molecular formula is C31H40N2O6. The van der Waals surface area contributed by atoms with Crippen molar-refractivity contribution >= 4 is 17.8 Å². The van der Waals surface area contributed by atoms with Crippen LogP contribution in [0.2, 0.25) is 0 Å². The first-order valence-corrected chi connectivity index (χ1v) is 13.7. The minimum atomic E-state index is -0.618. The summed E-state index contributed by atoms with van der Waals surface area (Å²) in [4.78, 5) is 38.4. The average Bonchev–Trinajstić information content (AvgIpc) is 2.95. The first-order valence-electron chi connectivity index (χ1n) is 13.7. The van der Waals surface area contributed by atoms with Crippen molar-refractivity contribution in [3.63, 3.8) is 0 Å². The van der Waals surface area contributed by atoms with Crippen molar-refractivity contribution in [1.29, 1.82) is 0 Å². The highest BCUT2D eigenvalue weighted by molar-refractivity contribution is 5.86. The molecule has 0 aromatic heterocycles. The van der Waals surface area contributed by atoms with Gasteiger partial charge in [0.2, 0.25) is 11.8 Å². The molecule has 0 saturated carbocycles. The number of ether oxygens (including phenoxy) is 2. The number of cyclic esters (lactones) is 1. The van der Waals surface area contributed by atoms with Crippen molar-refractivity contribution in [1.82, 2.24) is 10.6 Å². The second-order valence-electron chi connectivity index (χ2n) is 9.88. The molecule has 0 saturated heterocycles. The Balaban J connectivity index is 1.63. The van der Waals surface area contributed by atoms with Gasteiger partial charge in [-0.2, -0.15) is 0 Å². The fraction of sp³-hybridized carbons (Fsp3) is 0.452. The summed E-state index contributed by atoms with van der Waals surface area (Å²) in [5.74, 6) is -1.53. The third-order valence-corrected chi connectivity index (χ3v) is 6.52. The number of esters is 1. The second kappa shape index (κ2) is 17.2. The number of amides is 2. The van der Waals surface area contributed by atoms with E-state index in [0.717, 1.165) is 30.4 Å². The van der Waals surface area contributed by atoms with Crippen molar-refractivity contribution in [3.8, 4) is 0 Å². The minimum Gasteiger partial charge on any atom is -0.463 e. The van der Waals surface area contributed by atoms with Crippen LogP contribution >= 0.6 is 0 Å². The van der Waals surface area contributed by atoms with Gasteiger partial charge in [0.25, 0.3) is 0 Å². The molecular weight excluding hydrogens is 496 g/mol. The van der Waals surface area contributed by atoms with Crippen LogP contribution in [0.4, 0.5) is 0 Å². The molecule has 1 aliphatic rings. The third-order valence-electron chi connectivity index (χ3n) is 6.52. The molecule has 1 aliphatic heterocycles. The molecule has 8 heteroatoms. The summed E-state index contributed by atoms with van der Waals surface area (Å²) in [6.07, 6.45) is 7.46. The van der Waals surface area contributed by atoms with Gasteiger partial charge in [-0.3, -0.25) is 14.4 Å². The maximum absolute atomic E-state index is 13.3. The van der Waals surface area contributed by atoms with E-state index >= 15 is 0 Å². The molecule has 8 nitrogen and oxygen atoms in total. The number of nitrogens with one attached hydrogen (secondary N) is 2. The molecule has 0 bridgehead atoms. The molecule has 2 aromatic carbocycles. The number of hydrogen-bond donors (Lipinski definition) is 3. The van der Waals surface area contributed by atoms with E-state index in [1.807, 2.05) is 72.8 Å². The Bertz CT molecular complexity index is 1040. The largest absolute Gasteiger partial charge is 0.463 e. The first kappa shape index (κ1) is 30.1. The van der Waals surface area contributed by atoms with Crippen LogP contribution in [-0.4, -0.2) is 54.8 Å². The van der Waals surface area contributed by atoms with Gasteiger partial charge in [-0.25, -0.2) is 0 Å². The van der Waals surface area contributed by atoms with E-state index in [4.69, 9.17) is 9.47 Å². The number of carbonyl (C=O) groups is 3. The zero-order valence-electron chi connectivity index (χ0n) is 22.4. The van der Waals surface area contributed by atoms with Crippen LogP contribution in [0.5, 0.6) is 0 Å². The van der Waals surface area contributed by atoms with E-state index in [1.54, 1.807) is 0 Å². The molecule has 0 spiro atoms. The SMILES string of the molecule is O=C(C[C@H]1CC=CCCCCC(=O)OC[C@H](COCc2ccccc2)NC1=O)N[C@@H](CO)Cc1ccccc1. The first-order chi connectivity index (χ1) is 19.0. The summed E-state index contributed by atoms with van der Waals surface area (Å²) < 4.78 is 11.3. The Labute approximate surface area is 230 Å². The van der Waals surface area contributed by atoms with Crippen LogP contribution in [0.25, 0.3) is 0 Å². The van der Waals surface area contributed by atoms with Crippen molar-refractivity contribution in [2.75, 3.05) is 19.8 Å². The maximum atomic E-state index is 13.3. The lowest BCUT2D eigenvalue weighted by molar-refractivity contribution is -0.146. The second-order valence-corrected chi connectivity index (χ2v) is 9.88. The van der Waals surface area contributed by atoms with Crippen LogP contribution in [0.3, 0.4) is 0 Å². The van der Waals surface area contributed by atoms with Gasteiger partial charge in [0.15, 0.2) is 0 Å². The lowest BCUT2D eigenvalue weighted by Gasteiger charge is -2.23. The molecule has 0 fully saturated rings. The number of allylic oxidation sites excluding steroid dienone is 2. The van der Waals surface area contributed by atoms with Gasteiger partial charge in [0, 0.05) is 12.8 Å². The van der Waals surface area contributed by atoms with Gasteiger partial charge < -0.3 is 25.2 Å². The Morgan fingerprint density at radius 1 is 1.03 bits per heavy atom. The van der Waals surface area contributed by atoms with Crippen LogP contribution < -0.4 is 10.6 Å². The van der Waals surface area contributed by atoms with E-state index in [1.165, 1.54) is 0 Å². The number of rotatable bonds is 10. The normalized spacial score (nSPS) is 19.8. The number of aliphatic hydroxyl groups excluding tert-OH is 1. The summed E-state index contributed by atoms with van der Waals surface area (Å²) in [5.41, 5.74) is 2.00. The molecule has 1 heterocycles. The van der Waals surface area contributed by atoms with Crippen LogP contribution in [0.15, 0.2) is 72.8 Å². The van der Waals surface area contributed by atoms with Crippen LogP contribution in [0, 0.1) is 5.92 Å². The van der Waals surface area contributed by atoms with E-state index < -0.39 is 18.0 Å². The Morgan fingerprint density at radius 3 is 2.46 bits per heavy atom. The molecule has 39 heavy (non-hydrogen) atoms. The molecule has 0 radical (unpaired) electrons. The van der Waals surface area contributed by atoms with Crippen LogP contribution in [-0.2, 0) is 36.9 Å². The van der Waals surface area contributed by atoms with Gasteiger partial charge in [0.1, 0.15) is 6.61 Å². The van der Waals surface area contributed by atoms with Crippen LogP contribution in [0.1, 0.15) is 49.7 Å². The number of benzene rings is 2. The van der Waals surface area contributed by atoms with E-state index in [-0.39, 0.29) is 44.0 Å². The van der Waals surface area contributed by atoms with Gasteiger partial charge in [-0.05, 0) is 43.2 Å². The van der Waals surface area contributed by atoms with E-state index in [2.05, 4.69) is 10.6 Å². The number of hydrogen-bond acceptors (Lipinski definition) is 6. The molecule has 0 aliphatic carbocycles. The Hall–Kier alpha value is -3.49. The standard InChI is InChI=1S/C31H40N2O6/c34-20-27(18-24-12-6-4-7-13-24)32-29(35)19-26-16-10-2-1-3-11-17-30(36)39-23-28(33-31(26)37)22-38-21-25-14-8-5-9-15-25/h2,4-10,12-15,26-28,34H,1,3,11,16-23H2,(H,32,35)(H,33,37)/t26-,27-,28+/m1/s1. The minimum absolute atomic E-state index is 0.00220. The third kappa shape index (κ3) is 11.8. The number of aliphatic hydroxyl groups is 1. The predicted octanol–water partition coefficient (Wildman–Crippen LogP) is 3.48. The average molecular weight is 537 g/mol. The summed E-state index contributed by atoms with van der Waals surface area (Å²) >= 11 is 0. The monoisotopic (exact) mass is 536 g/mol. The lowest BCUT2D eigenvalue weighted by Crippen LogP contribution is -2.46. The maximum Gasteiger partial charge on any atom is 0.305 e. The predicted molar refractivity (Wildman–Crippen MR) is 148 cm³/mol. The van der Waals surface area contributed by atoms with Crippen molar-refractivity contribution in [3.05, 3.63) is 83.9 Å². The summed E-state index contributed by atoms with van der Waals surface area (Å²) in [6.45, 7) is 0.313. The van der Waals surface area contributed by atoms with Crippen molar-refractivity contribution < 1.29 is 29.0 Å². The van der Waals surface area contributed by atoms with Crippen molar-refractivity contribution in [2.45, 2.75) is 63.6 Å². The molecule has 2 aromatic rings. The molecule has 3 atom stereocenters. The highest BCUT2D eigenvalue weighted by Crippen LogP contribution is 2.14. The Morgan fingerprint density at radius 2 is 1.74 bits per heavy atom. The quantitative estimate of drug-likeness (QED) is 0.317. The van der Waals surface area contributed by atoms with Gasteiger partial charge in [-0.15, -0.1) is 0 Å². The van der Waals surface area contributed by atoms with E-state index in [9.17, 15) is 19.5 Å². The van der Waals surface area contributed by atoms with Gasteiger partial charge in [0.05, 0.1) is 37.8 Å². The van der Waals surface area contributed by atoms with Gasteiger partial charge >= 0.3 is 5.97 Å².